The second kappa shape index (κ2) is 5.03. The van der Waals surface area contributed by atoms with E-state index in [-0.39, 0.29) is 5.91 Å². The van der Waals surface area contributed by atoms with Crippen molar-refractivity contribution in [2.45, 2.75) is 39.7 Å². The van der Waals surface area contributed by atoms with Crippen LogP contribution < -0.4 is 0 Å². The van der Waals surface area contributed by atoms with Crippen molar-refractivity contribution in [2.75, 3.05) is 6.54 Å². The Morgan fingerprint density at radius 1 is 1.21 bits per heavy atom. The van der Waals surface area contributed by atoms with Gasteiger partial charge in [0.05, 0.1) is 0 Å². The van der Waals surface area contributed by atoms with Crippen LogP contribution >= 0.6 is 0 Å². The van der Waals surface area contributed by atoms with Gasteiger partial charge in [-0.15, -0.1) is 0 Å². The van der Waals surface area contributed by atoms with Gasteiger partial charge in [-0.25, -0.2) is 4.79 Å². The first-order chi connectivity index (χ1) is 8.91. The van der Waals surface area contributed by atoms with Gasteiger partial charge in [0.1, 0.15) is 6.04 Å². The molecule has 4 heteroatoms. The van der Waals surface area contributed by atoms with Crippen LogP contribution in [0.5, 0.6) is 0 Å². The molecule has 0 bridgehead atoms. The molecule has 0 aromatic heterocycles. The largest absolute Gasteiger partial charge is 0.480 e. The van der Waals surface area contributed by atoms with Gasteiger partial charge in [0, 0.05) is 12.1 Å². The van der Waals surface area contributed by atoms with Crippen LogP contribution in [-0.4, -0.2) is 34.5 Å². The van der Waals surface area contributed by atoms with Gasteiger partial charge in [-0.1, -0.05) is 17.7 Å². The Morgan fingerprint density at radius 2 is 1.79 bits per heavy atom. The maximum absolute atomic E-state index is 12.6. The number of nitrogens with zero attached hydrogens (tertiary/aromatic N) is 1. The van der Waals surface area contributed by atoms with Gasteiger partial charge < -0.3 is 10.0 Å². The van der Waals surface area contributed by atoms with Crippen molar-refractivity contribution in [2.24, 2.45) is 0 Å². The zero-order chi connectivity index (χ0) is 14.2. The van der Waals surface area contributed by atoms with E-state index < -0.39 is 12.0 Å². The molecule has 0 unspecified atom stereocenters. The maximum Gasteiger partial charge on any atom is 0.326 e. The topological polar surface area (TPSA) is 57.6 Å². The number of aryl methyl sites for hydroxylation is 3. The molecule has 1 aliphatic heterocycles. The minimum absolute atomic E-state index is 0.153. The van der Waals surface area contributed by atoms with Gasteiger partial charge >= 0.3 is 5.97 Å². The first-order valence-corrected chi connectivity index (χ1v) is 6.53. The van der Waals surface area contributed by atoms with Crippen molar-refractivity contribution in [1.82, 2.24) is 4.90 Å². The van der Waals surface area contributed by atoms with Crippen molar-refractivity contribution in [3.8, 4) is 0 Å². The Bertz CT molecular complexity index is 513. The van der Waals surface area contributed by atoms with E-state index in [4.69, 9.17) is 5.11 Å². The van der Waals surface area contributed by atoms with E-state index in [1.54, 1.807) is 0 Å². The molecule has 1 aliphatic rings. The third-order valence-electron chi connectivity index (χ3n) is 3.69. The Morgan fingerprint density at radius 3 is 2.32 bits per heavy atom. The van der Waals surface area contributed by atoms with Crippen LogP contribution in [0.1, 0.15) is 39.9 Å². The summed E-state index contributed by atoms with van der Waals surface area (Å²) in [7, 11) is 0. The lowest BCUT2D eigenvalue weighted by atomic mass is 9.98. The number of carboxylic acid groups (broad SMARTS) is 1. The third kappa shape index (κ3) is 2.48. The van der Waals surface area contributed by atoms with Crippen LogP contribution in [-0.2, 0) is 4.79 Å². The van der Waals surface area contributed by atoms with E-state index >= 15 is 0 Å². The maximum atomic E-state index is 12.6. The van der Waals surface area contributed by atoms with Crippen LogP contribution in [0.4, 0.5) is 0 Å². The number of hydrogen-bond donors (Lipinski definition) is 1. The van der Waals surface area contributed by atoms with Crippen molar-refractivity contribution in [1.29, 1.82) is 0 Å². The number of likely N-dealkylation sites (tertiary alicyclic amines) is 1. The molecule has 1 amide bonds. The summed E-state index contributed by atoms with van der Waals surface area (Å²) in [4.78, 5) is 25.2. The number of rotatable bonds is 2. The standard InChI is InChI=1S/C15H19NO3/c1-9-7-10(2)13(11(3)8-9)14(17)16-6-4-5-12(16)15(18)19/h7-8,12H,4-6H2,1-3H3,(H,18,19)/t12-/m1/s1. The summed E-state index contributed by atoms with van der Waals surface area (Å²) >= 11 is 0. The van der Waals surface area contributed by atoms with E-state index in [2.05, 4.69) is 0 Å². The minimum atomic E-state index is -0.909. The van der Waals surface area contributed by atoms with Gasteiger partial charge in [0.15, 0.2) is 0 Å². The SMILES string of the molecule is Cc1cc(C)c(C(=O)N2CCC[C@@H]2C(=O)O)c(C)c1. The quantitative estimate of drug-likeness (QED) is 0.888. The second-order valence-electron chi connectivity index (χ2n) is 5.27. The normalized spacial score (nSPS) is 18.7. The first-order valence-electron chi connectivity index (χ1n) is 6.53. The fraction of sp³-hybridized carbons (Fsp3) is 0.467. The van der Waals surface area contributed by atoms with Gasteiger partial charge in [-0.2, -0.15) is 0 Å². The Hall–Kier alpha value is -1.84. The predicted molar refractivity (Wildman–Crippen MR) is 72.3 cm³/mol. The lowest BCUT2D eigenvalue weighted by Gasteiger charge is -2.23. The summed E-state index contributed by atoms with van der Waals surface area (Å²) in [5.41, 5.74) is 3.60. The molecule has 1 aromatic rings. The summed E-state index contributed by atoms with van der Waals surface area (Å²) in [6.07, 6.45) is 1.30. The molecule has 1 N–H and O–H groups in total. The molecule has 0 spiro atoms. The number of benzene rings is 1. The van der Waals surface area contributed by atoms with E-state index in [0.717, 1.165) is 23.1 Å². The van der Waals surface area contributed by atoms with E-state index in [9.17, 15) is 9.59 Å². The summed E-state index contributed by atoms with van der Waals surface area (Å²) < 4.78 is 0. The number of hydrogen-bond acceptors (Lipinski definition) is 2. The van der Waals surface area contributed by atoms with Crippen LogP contribution in [0.3, 0.4) is 0 Å². The molecule has 2 rings (SSSR count). The molecular weight excluding hydrogens is 242 g/mol. The molecule has 1 heterocycles. The van der Waals surface area contributed by atoms with Gasteiger partial charge in [0.2, 0.25) is 0 Å². The zero-order valence-corrected chi connectivity index (χ0v) is 11.6. The molecule has 1 saturated heterocycles. The Labute approximate surface area is 113 Å². The van der Waals surface area contributed by atoms with Crippen molar-refractivity contribution in [3.63, 3.8) is 0 Å². The fourth-order valence-corrected chi connectivity index (χ4v) is 2.93. The Balaban J connectivity index is 2.37. The second-order valence-corrected chi connectivity index (χ2v) is 5.27. The number of aliphatic carboxylic acids is 1. The molecule has 1 atom stereocenters. The summed E-state index contributed by atoms with van der Waals surface area (Å²) in [5, 5.41) is 9.17. The third-order valence-corrected chi connectivity index (χ3v) is 3.69. The molecule has 4 nitrogen and oxygen atoms in total. The highest BCUT2D eigenvalue weighted by Crippen LogP contribution is 2.24. The first kappa shape index (κ1) is 13.6. The highest BCUT2D eigenvalue weighted by Gasteiger charge is 2.35. The molecule has 0 aliphatic carbocycles. The number of carboxylic acids is 1. The molecule has 0 saturated carbocycles. The van der Waals surface area contributed by atoms with Crippen molar-refractivity contribution >= 4 is 11.9 Å². The highest BCUT2D eigenvalue weighted by molar-refractivity contribution is 5.99. The Kier molecular flexibility index (Phi) is 3.60. The smallest absolute Gasteiger partial charge is 0.326 e. The monoisotopic (exact) mass is 261 g/mol. The number of carbonyl (C=O) groups excluding carboxylic acids is 1. The lowest BCUT2D eigenvalue weighted by molar-refractivity contribution is -0.141. The predicted octanol–water partition coefficient (Wildman–Crippen LogP) is 2.30. The molecule has 1 aromatic carbocycles. The average molecular weight is 261 g/mol. The summed E-state index contributed by atoms with van der Waals surface area (Å²) in [6, 6.07) is 3.26. The van der Waals surface area contributed by atoms with Gasteiger partial charge in [-0.05, 0) is 44.7 Å². The van der Waals surface area contributed by atoms with Crippen LogP contribution in [0.2, 0.25) is 0 Å². The molecule has 19 heavy (non-hydrogen) atoms. The highest BCUT2D eigenvalue weighted by atomic mass is 16.4. The van der Waals surface area contributed by atoms with Crippen molar-refractivity contribution in [3.05, 3.63) is 34.4 Å². The fourth-order valence-electron chi connectivity index (χ4n) is 2.93. The van der Waals surface area contributed by atoms with Crippen LogP contribution in [0.25, 0.3) is 0 Å². The molecular formula is C15H19NO3. The van der Waals surface area contributed by atoms with Crippen LogP contribution in [0.15, 0.2) is 12.1 Å². The minimum Gasteiger partial charge on any atom is -0.480 e. The van der Waals surface area contributed by atoms with Gasteiger partial charge in [0.25, 0.3) is 5.91 Å². The van der Waals surface area contributed by atoms with Crippen LogP contribution in [0, 0.1) is 20.8 Å². The summed E-state index contributed by atoms with van der Waals surface area (Å²) in [5.74, 6) is -1.06. The van der Waals surface area contributed by atoms with Crippen molar-refractivity contribution < 1.29 is 14.7 Å². The van der Waals surface area contributed by atoms with E-state index in [0.29, 0.717) is 18.5 Å². The molecule has 0 radical (unpaired) electrons. The van der Waals surface area contributed by atoms with E-state index in [1.165, 1.54) is 4.90 Å². The average Bonchev–Trinajstić information content (AvgIpc) is 2.75. The van der Waals surface area contributed by atoms with E-state index in [1.807, 2.05) is 32.9 Å². The summed E-state index contributed by atoms with van der Waals surface area (Å²) in [6.45, 7) is 6.32. The number of amides is 1. The number of carbonyl (C=O) groups is 2. The molecule has 1 fully saturated rings. The van der Waals surface area contributed by atoms with Gasteiger partial charge in [-0.3, -0.25) is 4.79 Å². The zero-order valence-electron chi connectivity index (χ0n) is 11.6. The lowest BCUT2D eigenvalue weighted by Crippen LogP contribution is -2.41. The molecule has 102 valence electrons.